The van der Waals surface area contributed by atoms with Crippen LogP contribution in [-0.2, 0) is 38.8 Å². The van der Waals surface area contributed by atoms with Crippen LogP contribution in [-0.4, -0.2) is 87.6 Å². The average Bonchev–Trinajstić information content (AvgIpc) is 3.90. The minimum absolute atomic E-state index is 0.167. The molecule has 15 heteroatoms. The molecule has 3 heterocycles. The van der Waals surface area contributed by atoms with Gasteiger partial charge in [-0.1, -0.05) is 62.4 Å². The van der Waals surface area contributed by atoms with E-state index in [1.807, 2.05) is 56.3 Å². The van der Waals surface area contributed by atoms with Gasteiger partial charge in [0, 0.05) is 24.0 Å². The first-order valence-corrected chi connectivity index (χ1v) is 19.2. The Morgan fingerprint density at radius 1 is 0.845 bits per heavy atom. The highest BCUT2D eigenvalue weighted by Crippen LogP contribution is 2.42. The molecule has 0 saturated carbocycles. The summed E-state index contributed by atoms with van der Waals surface area (Å²) in [7, 11) is 2.52. The van der Waals surface area contributed by atoms with Crippen LogP contribution in [0.15, 0.2) is 79.0 Å². The van der Waals surface area contributed by atoms with Crippen molar-refractivity contribution in [2.75, 3.05) is 33.9 Å². The molecule has 0 fully saturated rings. The van der Waals surface area contributed by atoms with Crippen LogP contribution < -0.4 is 15.4 Å². The second-order valence-corrected chi connectivity index (χ2v) is 14.0. The number of fused-ring (bicyclic) bond motifs is 6. The van der Waals surface area contributed by atoms with E-state index in [4.69, 9.17) is 14.5 Å². The Kier molecular flexibility index (Phi) is 11.9. The van der Waals surface area contributed by atoms with E-state index in [2.05, 4.69) is 48.5 Å². The van der Waals surface area contributed by atoms with Gasteiger partial charge in [-0.05, 0) is 64.7 Å². The van der Waals surface area contributed by atoms with Crippen LogP contribution in [0.25, 0.3) is 44.2 Å². The Morgan fingerprint density at radius 3 is 2.36 bits per heavy atom. The lowest BCUT2D eigenvalue weighted by atomic mass is 9.92. The lowest BCUT2D eigenvalue weighted by Gasteiger charge is -2.27. The molecule has 0 bridgehead atoms. The van der Waals surface area contributed by atoms with Crippen molar-refractivity contribution in [3.05, 3.63) is 102 Å². The van der Waals surface area contributed by atoms with Crippen molar-refractivity contribution >= 4 is 45.8 Å². The maximum atomic E-state index is 13.9. The van der Waals surface area contributed by atoms with Crippen molar-refractivity contribution in [1.29, 1.82) is 0 Å². The molecule has 300 valence electrons. The molecule has 1 aliphatic rings. The molecular weight excluding hydrogens is 741 g/mol. The zero-order chi connectivity index (χ0) is 40.8. The Morgan fingerprint density at radius 2 is 1.60 bits per heavy atom. The van der Waals surface area contributed by atoms with Crippen molar-refractivity contribution in [2.24, 2.45) is 0 Å². The van der Waals surface area contributed by atoms with Gasteiger partial charge in [-0.25, -0.2) is 19.6 Å². The smallest absolute Gasteiger partial charge is 0.407 e. The highest BCUT2D eigenvalue weighted by molar-refractivity contribution is 6.07. The van der Waals surface area contributed by atoms with E-state index in [0.29, 0.717) is 43.3 Å². The van der Waals surface area contributed by atoms with Crippen LogP contribution in [0.1, 0.15) is 55.5 Å². The number of aromatic nitrogens is 4. The van der Waals surface area contributed by atoms with E-state index in [-0.39, 0.29) is 31.4 Å². The molecule has 7 rings (SSSR count). The molecule has 4 aromatic carbocycles. The molecule has 0 unspecified atom stereocenters. The van der Waals surface area contributed by atoms with Crippen LogP contribution in [0.2, 0.25) is 0 Å². The first kappa shape index (κ1) is 39.3. The van der Waals surface area contributed by atoms with Gasteiger partial charge >= 0.3 is 12.2 Å². The number of nitrogens with zero attached hydrogens (tertiary/aromatic N) is 4. The van der Waals surface area contributed by atoms with Crippen LogP contribution in [0.4, 0.5) is 9.59 Å². The minimum Gasteiger partial charge on any atom is -0.488 e. The first-order valence-electron chi connectivity index (χ1n) is 19.2. The third-order valence-electron chi connectivity index (χ3n) is 10.1. The fraction of sp³-hybridized carbons (Fsp3) is 0.302. The molecule has 6 aromatic rings. The van der Waals surface area contributed by atoms with Crippen molar-refractivity contribution in [2.45, 2.75) is 52.4 Å². The van der Waals surface area contributed by atoms with Gasteiger partial charge in [0.25, 0.3) is 0 Å². The van der Waals surface area contributed by atoms with Gasteiger partial charge in [-0.3, -0.25) is 9.59 Å². The normalized spacial score (nSPS) is 12.2. The molecule has 0 radical (unpaired) electrons. The SMILES string of the molecule is CCCN(Cc1nc2c(ccc3cc4c(cc32)OCc2cc(-c3cnc(CN(CCC)C(=O)[C@H](NC(=O)OC)c5ccccc5)[nH]3)ccc2-4)[nH]1)C(=O)CNC(=O)OC. The number of imidazole rings is 2. The highest BCUT2D eigenvalue weighted by Gasteiger charge is 2.29. The van der Waals surface area contributed by atoms with E-state index >= 15 is 0 Å². The standard InChI is InChI=1S/C43H46N8O7/c1-5-16-50(38(52)22-45-42(54)56-3)24-37-46-33-15-13-27-19-32-30-14-12-28(18-29(30)25-58-35(32)20-31(27)40(33)48-37)34-21-44-36(47-34)23-51(17-6-2)41(53)39(49-43(55)57-4)26-10-8-7-9-11-26/h7-15,18-21,39H,5-6,16-17,22-25H2,1-4H3,(H,44,47)(H,45,54)(H,46,48)(H,49,55)/t39-/m1/s1. The van der Waals surface area contributed by atoms with Crippen LogP contribution >= 0.6 is 0 Å². The van der Waals surface area contributed by atoms with Crippen LogP contribution in [0, 0.1) is 0 Å². The van der Waals surface area contributed by atoms with Gasteiger partial charge in [-0.15, -0.1) is 0 Å². The number of hydrogen-bond donors (Lipinski definition) is 4. The molecular formula is C43H46N8O7. The average molecular weight is 787 g/mol. The molecule has 0 aliphatic carbocycles. The molecule has 4 amide bonds. The number of rotatable bonds is 14. The van der Waals surface area contributed by atoms with Crippen LogP contribution in [0.3, 0.4) is 0 Å². The number of alkyl carbamates (subject to hydrolysis) is 2. The lowest BCUT2D eigenvalue weighted by Crippen LogP contribution is -2.43. The molecule has 0 spiro atoms. The molecule has 1 atom stereocenters. The Bertz CT molecular complexity index is 2460. The zero-order valence-electron chi connectivity index (χ0n) is 32.9. The summed E-state index contributed by atoms with van der Waals surface area (Å²) in [6, 6.07) is 22.6. The van der Waals surface area contributed by atoms with E-state index < -0.39 is 18.2 Å². The number of H-pyrrole nitrogens is 2. The molecule has 4 N–H and O–H groups in total. The second-order valence-electron chi connectivity index (χ2n) is 14.0. The summed E-state index contributed by atoms with van der Waals surface area (Å²) in [6.07, 6.45) is 1.88. The predicted molar refractivity (Wildman–Crippen MR) is 217 cm³/mol. The summed E-state index contributed by atoms with van der Waals surface area (Å²) >= 11 is 0. The van der Waals surface area contributed by atoms with Crippen molar-refractivity contribution in [3.63, 3.8) is 0 Å². The van der Waals surface area contributed by atoms with Gasteiger partial charge in [0.2, 0.25) is 11.8 Å². The van der Waals surface area contributed by atoms with E-state index in [1.165, 1.54) is 14.2 Å². The highest BCUT2D eigenvalue weighted by atomic mass is 16.5. The first-order chi connectivity index (χ1) is 28.2. The summed E-state index contributed by atoms with van der Waals surface area (Å²) in [4.78, 5) is 70.1. The number of ether oxygens (including phenoxy) is 3. The maximum Gasteiger partial charge on any atom is 0.407 e. The summed E-state index contributed by atoms with van der Waals surface area (Å²) in [6.45, 7) is 5.64. The van der Waals surface area contributed by atoms with E-state index in [1.54, 1.807) is 28.1 Å². The zero-order valence-corrected chi connectivity index (χ0v) is 32.9. The number of nitrogens with one attached hydrogen (secondary N) is 4. The largest absolute Gasteiger partial charge is 0.488 e. The number of hydrogen-bond acceptors (Lipinski definition) is 9. The van der Waals surface area contributed by atoms with Gasteiger partial charge in [0.05, 0.1) is 50.2 Å². The Balaban J connectivity index is 1.09. The predicted octanol–water partition coefficient (Wildman–Crippen LogP) is 6.60. The second kappa shape index (κ2) is 17.5. The molecule has 2 aromatic heterocycles. The third-order valence-corrected chi connectivity index (χ3v) is 10.1. The number of amides is 4. The third kappa shape index (κ3) is 8.43. The monoisotopic (exact) mass is 786 g/mol. The van der Waals surface area contributed by atoms with Gasteiger partial charge in [0.1, 0.15) is 36.6 Å². The van der Waals surface area contributed by atoms with E-state index in [9.17, 15) is 19.2 Å². The summed E-state index contributed by atoms with van der Waals surface area (Å²) in [5.74, 6) is 1.50. The number of aromatic amines is 2. The quantitative estimate of drug-likeness (QED) is 0.0946. The summed E-state index contributed by atoms with van der Waals surface area (Å²) in [5, 5.41) is 7.07. The number of benzene rings is 4. The summed E-state index contributed by atoms with van der Waals surface area (Å²) < 4.78 is 15.8. The van der Waals surface area contributed by atoms with Crippen molar-refractivity contribution in [1.82, 2.24) is 40.4 Å². The number of carbonyl (C=O) groups excluding carboxylic acids is 4. The molecule has 15 nitrogen and oxygen atoms in total. The van der Waals surface area contributed by atoms with Gasteiger partial charge in [-0.2, -0.15) is 0 Å². The number of methoxy groups -OCH3 is 2. The topological polar surface area (TPSA) is 184 Å². The minimum atomic E-state index is -0.916. The van der Waals surface area contributed by atoms with Crippen LogP contribution in [0.5, 0.6) is 5.75 Å². The van der Waals surface area contributed by atoms with E-state index in [0.717, 1.165) is 61.9 Å². The van der Waals surface area contributed by atoms with Crippen molar-refractivity contribution < 1.29 is 33.4 Å². The molecule has 0 saturated heterocycles. The number of carbonyl (C=O) groups is 4. The summed E-state index contributed by atoms with van der Waals surface area (Å²) in [5.41, 5.74) is 7.06. The lowest BCUT2D eigenvalue weighted by molar-refractivity contribution is -0.134. The Labute approximate surface area is 335 Å². The van der Waals surface area contributed by atoms with Gasteiger partial charge < -0.3 is 44.6 Å². The molecule has 58 heavy (non-hydrogen) atoms. The fourth-order valence-corrected chi connectivity index (χ4v) is 7.25. The van der Waals surface area contributed by atoms with Gasteiger partial charge in [0.15, 0.2) is 0 Å². The maximum absolute atomic E-state index is 13.9. The molecule has 1 aliphatic heterocycles. The van der Waals surface area contributed by atoms with Crippen molar-refractivity contribution in [3.8, 4) is 28.1 Å². The fourth-order valence-electron chi connectivity index (χ4n) is 7.25. The Hall–Kier alpha value is -6.90.